The molecule has 3 nitrogen and oxygen atoms in total. The maximum Gasteiger partial charge on any atom is 0.163 e. The van der Waals surface area contributed by atoms with Gasteiger partial charge in [0.1, 0.15) is 12.7 Å². The summed E-state index contributed by atoms with van der Waals surface area (Å²) in [6.07, 6.45) is -1.07. The van der Waals surface area contributed by atoms with Gasteiger partial charge in [0.2, 0.25) is 0 Å². The van der Waals surface area contributed by atoms with Crippen LogP contribution in [0.15, 0.2) is 40.2 Å². The van der Waals surface area contributed by atoms with Crippen LogP contribution in [0.4, 0.5) is 0 Å². The fourth-order valence-corrected chi connectivity index (χ4v) is 3.52. The Morgan fingerprint density at radius 3 is 2.78 bits per heavy atom. The molecule has 3 rings (SSSR count). The normalized spacial score (nSPS) is 19.6. The molecule has 1 aromatic heterocycles. The molecular weight excluding hydrogens is 316 g/mol. The summed E-state index contributed by atoms with van der Waals surface area (Å²) in [6.45, 7) is 0.350. The molecule has 0 radical (unpaired) electrons. The first-order valence-electron chi connectivity index (χ1n) is 5.55. The van der Waals surface area contributed by atoms with Crippen molar-refractivity contribution in [1.82, 2.24) is 0 Å². The standard InChI is InChI=1S/C13H11BrO3S/c14-8-5-6-18-13(8)12(15)11-7-16-9-3-1-2-4-10(9)17-11/h1-6,11-12,15H,7H2. The topological polar surface area (TPSA) is 38.7 Å². The summed E-state index contributed by atoms with van der Waals surface area (Å²) < 4.78 is 12.3. The number of aliphatic hydroxyl groups excluding tert-OH is 1. The Kier molecular flexibility index (Phi) is 3.28. The second-order valence-corrected chi connectivity index (χ2v) is 5.79. The van der Waals surface area contributed by atoms with Crippen LogP contribution in [-0.4, -0.2) is 17.8 Å². The van der Waals surface area contributed by atoms with Gasteiger partial charge in [-0.05, 0) is 39.5 Å². The van der Waals surface area contributed by atoms with Gasteiger partial charge < -0.3 is 14.6 Å². The maximum absolute atomic E-state index is 10.3. The fourth-order valence-electron chi connectivity index (χ4n) is 1.88. The van der Waals surface area contributed by atoms with Crippen molar-refractivity contribution in [3.05, 3.63) is 45.1 Å². The van der Waals surface area contributed by atoms with Gasteiger partial charge in [-0.15, -0.1) is 11.3 Å². The van der Waals surface area contributed by atoms with Crippen LogP contribution in [0.2, 0.25) is 0 Å². The Labute approximate surface area is 117 Å². The van der Waals surface area contributed by atoms with Crippen molar-refractivity contribution < 1.29 is 14.6 Å². The van der Waals surface area contributed by atoms with Crippen molar-refractivity contribution in [1.29, 1.82) is 0 Å². The van der Waals surface area contributed by atoms with Gasteiger partial charge in [0.15, 0.2) is 17.6 Å². The summed E-state index contributed by atoms with van der Waals surface area (Å²) in [5.74, 6) is 1.41. The zero-order valence-corrected chi connectivity index (χ0v) is 11.8. The molecular formula is C13H11BrO3S. The summed E-state index contributed by atoms with van der Waals surface area (Å²) in [5, 5.41) is 12.2. The lowest BCUT2D eigenvalue weighted by Crippen LogP contribution is -2.34. The first kappa shape index (κ1) is 12.0. The number of aliphatic hydroxyl groups is 1. The highest BCUT2D eigenvalue weighted by molar-refractivity contribution is 9.10. The first-order valence-corrected chi connectivity index (χ1v) is 7.22. The van der Waals surface area contributed by atoms with E-state index in [1.54, 1.807) is 0 Å². The zero-order valence-electron chi connectivity index (χ0n) is 9.38. The number of halogens is 1. The molecule has 1 aliphatic rings. The SMILES string of the molecule is OC(c1sccc1Br)C1COc2ccccc2O1. The lowest BCUT2D eigenvalue weighted by molar-refractivity contribution is -0.00988. The molecule has 0 bridgehead atoms. The summed E-state index contributed by atoms with van der Waals surface area (Å²) in [6, 6.07) is 9.41. The highest BCUT2D eigenvalue weighted by atomic mass is 79.9. The number of benzene rings is 1. The first-order chi connectivity index (χ1) is 8.75. The minimum atomic E-state index is -0.687. The number of thiophene rings is 1. The number of ether oxygens (including phenoxy) is 2. The van der Waals surface area contributed by atoms with Gasteiger partial charge in [-0.2, -0.15) is 0 Å². The average molecular weight is 327 g/mol. The van der Waals surface area contributed by atoms with E-state index in [0.717, 1.165) is 15.1 Å². The molecule has 2 atom stereocenters. The molecule has 2 aromatic rings. The van der Waals surface area contributed by atoms with Crippen LogP contribution in [0.1, 0.15) is 11.0 Å². The minimum Gasteiger partial charge on any atom is -0.486 e. The van der Waals surface area contributed by atoms with Crippen LogP contribution in [0, 0.1) is 0 Å². The molecule has 1 aromatic carbocycles. The van der Waals surface area contributed by atoms with E-state index < -0.39 is 6.10 Å². The van der Waals surface area contributed by atoms with Crippen molar-refractivity contribution in [3.63, 3.8) is 0 Å². The third-order valence-electron chi connectivity index (χ3n) is 2.80. The molecule has 0 saturated heterocycles. The number of rotatable bonds is 2. The summed E-state index contributed by atoms with van der Waals surface area (Å²) in [4.78, 5) is 0.864. The predicted octanol–water partition coefficient (Wildman–Crippen LogP) is 3.38. The molecule has 1 aliphatic heterocycles. The Balaban J connectivity index is 1.82. The van der Waals surface area contributed by atoms with E-state index in [4.69, 9.17) is 9.47 Å². The Hall–Kier alpha value is -1.04. The van der Waals surface area contributed by atoms with Crippen LogP contribution in [-0.2, 0) is 0 Å². The Morgan fingerprint density at radius 1 is 1.28 bits per heavy atom. The van der Waals surface area contributed by atoms with Crippen LogP contribution < -0.4 is 9.47 Å². The smallest absolute Gasteiger partial charge is 0.163 e. The highest BCUT2D eigenvalue weighted by Gasteiger charge is 2.30. The van der Waals surface area contributed by atoms with Gasteiger partial charge in [0, 0.05) is 4.47 Å². The molecule has 1 N–H and O–H groups in total. The van der Waals surface area contributed by atoms with Crippen molar-refractivity contribution in [2.75, 3.05) is 6.61 Å². The Morgan fingerprint density at radius 2 is 2.06 bits per heavy atom. The largest absolute Gasteiger partial charge is 0.486 e. The van der Waals surface area contributed by atoms with E-state index in [9.17, 15) is 5.11 Å². The summed E-state index contributed by atoms with van der Waals surface area (Å²) >= 11 is 4.92. The molecule has 0 saturated carbocycles. The quantitative estimate of drug-likeness (QED) is 0.919. The second-order valence-electron chi connectivity index (χ2n) is 3.99. The van der Waals surface area contributed by atoms with E-state index in [0.29, 0.717) is 12.4 Å². The second kappa shape index (κ2) is 4.91. The van der Waals surface area contributed by atoms with Crippen molar-refractivity contribution >= 4 is 27.3 Å². The molecule has 0 fully saturated rings. The lowest BCUT2D eigenvalue weighted by atomic mass is 10.1. The molecule has 2 heterocycles. The van der Waals surface area contributed by atoms with Crippen molar-refractivity contribution in [2.24, 2.45) is 0 Å². The van der Waals surface area contributed by atoms with E-state index in [1.165, 1.54) is 11.3 Å². The molecule has 0 amide bonds. The number of para-hydroxylation sites is 2. The third kappa shape index (κ3) is 2.13. The summed E-state index contributed by atoms with van der Waals surface area (Å²) in [7, 11) is 0. The monoisotopic (exact) mass is 326 g/mol. The van der Waals surface area contributed by atoms with Gasteiger partial charge in [-0.3, -0.25) is 0 Å². The van der Waals surface area contributed by atoms with Gasteiger partial charge in [-0.1, -0.05) is 12.1 Å². The molecule has 0 aliphatic carbocycles. The van der Waals surface area contributed by atoms with Crippen LogP contribution in [0.3, 0.4) is 0 Å². The average Bonchev–Trinajstić information content (AvgIpc) is 2.83. The minimum absolute atomic E-state index is 0.350. The molecule has 94 valence electrons. The summed E-state index contributed by atoms with van der Waals surface area (Å²) in [5.41, 5.74) is 0. The van der Waals surface area contributed by atoms with Crippen molar-refractivity contribution in [3.8, 4) is 11.5 Å². The number of hydrogen-bond acceptors (Lipinski definition) is 4. The number of hydrogen-bond donors (Lipinski definition) is 1. The van der Waals surface area contributed by atoms with E-state index >= 15 is 0 Å². The van der Waals surface area contributed by atoms with E-state index in [-0.39, 0.29) is 6.10 Å². The van der Waals surface area contributed by atoms with Gasteiger partial charge in [0.25, 0.3) is 0 Å². The zero-order chi connectivity index (χ0) is 12.5. The fraction of sp³-hybridized carbons (Fsp3) is 0.231. The molecule has 0 spiro atoms. The van der Waals surface area contributed by atoms with Gasteiger partial charge in [0.05, 0.1) is 4.88 Å². The molecule has 18 heavy (non-hydrogen) atoms. The van der Waals surface area contributed by atoms with E-state index in [1.807, 2.05) is 35.7 Å². The van der Waals surface area contributed by atoms with Gasteiger partial charge >= 0.3 is 0 Å². The van der Waals surface area contributed by atoms with E-state index in [2.05, 4.69) is 15.9 Å². The van der Waals surface area contributed by atoms with Crippen LogP contribution in [0.5, 0.6) is 11.5 Å². The van der Waals surface area contributed by atoms with Crippen LogP contribution >= 0.6 is 27.3 Å². The maximum atomic E-state index is 10.3. The predicted molar refractivity (Wildman–Crippen MR) is 73.3 cm³/mol. The number of fused-ring (bicyclic) bond motifs is 1. The Bertz CT molecular complexity index is 555. The molecule has 5 heteroatoms. The third-order valence-corrected chi connectivity index (χ3v) is 4.74. The lowest BCUT2D eigenvalue weighted by Gasteiger charge is -2.29. The van der Waals surface area contributed by atoms with Crippen molar-refractivity contribution in [2.45, 2.75) is 12.2 Å². The van der Waals surface area contributed by atoms with Crippen LogP contribution in [0.25, 0.3) is 0 Å². The molecule has 2 unspecified atom stereocenters. The van der Waals surface area contributed by atoms with Gasteiger partial charge in [-0.25, -0.2) is 0 Å². The highest BCUT2D eigenvalue weighted by Crippen LogP contribution is 2.37.